The van der Waals surface area contributed by atoms with Gasteiger partial charge in [0.05, 0.1) is 12.8 Å². The summed E-state index contributed by atoms with van der Waals surface area (Å²) in [4.78, 5) is 41.0. The SMILES string of the molecule is COc1ccc(NC(=O)C2CCN(C(=O)[C@@H](Cc3ccccc3)NC(=O)Nc3c(F)cc(Br)cc3Br)CC2)cc1. The first-order valence-electron chi connectivity index (χ1n) is 12.7. The van der Waals surface area contributed by atoms with Crippen LogP contribution in [0.3, 0.4) is 0 Å². The van der Waals surface area contributed by atoms with Crippen molar-refractivity contribution in [1.29, 1.82) is 0 Å². The van der Waals surface area contributed by atoms with Gasteiger partial charge in [-0.15, -0.1) is 0 Å². The number of methoxy groups -OCH3 is 1. The second-order valence-corrected chi connectivity index (χ2v) is 11.2. The lowest BCUT2D eigenvalue weighted by Gasteiger charge is -2.34. The second kappa shape index (κ2) is 13.8. The summed E-state index contributed by atoms with van der Waals surface area (Å²) in [5, 5.41) is 8.16. The third-order valence-corrected chi connectivity index (χ3v) is 7.75. The van der Waals surface area contributed by atoms with Gasteiger partial charge in [0, 0.05) is 40.1 Å². The van der Waals surface area contributed by atoms with Crippen LogP contribution in [0.5, 0.6) is 5.75 Å². The van der Waals surface area contributed by atoms with E-state index in [4.69, 9.17) is 4.74 Å². The molecule has 210 valence electrons. The maximum absolute atomic E-state index is 14.5. The molecule has 0 radical (unpaired) electrons. The Morgan fingerprint density at radius 1 is 1.00 bits per heavy atom. The Bertz CT molecular complexity index is 1330. The molecule has 4 amide bonds. The Labute approximate surface area is 248 Å². The van der Waals surface area contributed by atoms with Crippen LogP contribution in [0.15, 0.2) is 75.7 Å². The highest BCUT2D eigenvalue weighted by atomic mass is 79.9. The van der Waals surface area contributed by atoms with Crippen LogP contribution >= 0.6 is 31.9 Å². The largest absolute Gasteiger partial charge is 0.497 e. The smallest absolute Gasteiger partial charge is 0.320 e. The number of ether oxygens (including phenoxy) is 1. The summed E-state index contributed by atoms with van der Waals surface area (Å²) >= 11 is 6.47. The lowest BCUT2D eigenvalue weighted by molar-refractivity contribution is -0.136. The van der Waals surface area contributed by atoms with Crippen molar-refractivity contribution in [2.45, 2.75) is 25.3 Å². The predicted molar refractivity (Wildman–Crippen MR) is 159 cm³/mol. The van der Waals surface area contributed by atoms with Gasteiger partial charge in [-0.1, -0.05) is 46.3 Å². The van der Waals surface area contributed by atoms with E-state index in [-0.39, 0.29) is 29.8 Å². The first-order valence-corrected chi connectivity index (χ1v) is 14.3. The molecule has 0 unspecified atom stereocenters. The molecular weight excluding hydrogens is 647 g/mol. The number of halogens is 3. The molecule has 0 aliphatic carbocycles. The summed E-state index contributed by atoms with van der Waals surface area (Å²) in [6.07, 6.45) is 1.25. The molecule has 1 atom stereocenters. The van der Waals surface area contributed by atoms with Crippen molar-refractivity contribution in [3.05, 3.63) is 87.1 Å². The van der Waals surface area contributed by atoms with Crippen molar-refractivity contribution >= 4 is 61.1 Å². The molecule has 8 nitrogen and oxygen atoms in total. The standard InChI is InChI=1S/C29H29Br2FN4O4/c1-40-22-9-7-21(8-10-22)33-27(37)19-11-13-36(14-12-19)28(38)25(15-18-5-3-2-4-6-18)34-29(39)35-26-23(31)16-20(30)17-24(26)32/h2-10,16-17,19,25H,11-15H2,1H3,(H,33,37)(H2,34,35,39)/t25-/m1/s1. The van der Waals surface area contributed by atoms with Gasteiger partial charge in [0.25, 0.3) is 0 Å². The Hall–Kier alpha value is -3.44. The van der Waals surface area contributed by atoms with Crippen molar-refractivity contribution in [3.8, 4) is 5.75 Å². The topological polar surface area (TPSA) is 99.8 Å². The predicted octanol–water partition coefficient (Wildman–Crippen LogP) is 5.97. The van der Waals surface area contributed by atoms with Crippen LogP contribution in [-0.4, -0.2) is 49.0 Å². The number of carbonyl (C=O) groups is 3. The van der Waals surface area contributed by atoms with Crippen LogP contribution < -0.4 is 20.7 Å². The van der Waals surface area contributed by atoms with Crippen LogP contribution in [0.2, 0.25) is 0 Å². The van der Waals surface area contributed by atoms with Crippen LogP contribution in [0.25, 0.3) is 0 Å². The Balaban J connectivity index is 1.39. The van der Waals surface area contributed by atoms with E-state index in [1.54, 1.807) is 42.3 Å². The summed E-state index contributed by atoms with van der Waals surface area (Å²) < 4.78 is 20.5. The Kier molecular flexibility index (Phi) is 10.2. The van der Waals surface area contributed by atoms with E-state index in [9.17, 15) is 18.8 Å². The average molecular weight is 676 g/mol. The molecule has 4 rings (SSSR count). The normalized spacial score (nSPS) is 14.2. The molecule has 0 spiro atoms. The number of likely N-dealkylation sites (tertiary alicyclic amines) is 1. The van der Waals surface area contributed by atoms with Crippen molar-refractivity contribution in [2.24, 2.45) is 5.92 Å². The molecule has 3 aromatic carbocycles. The van der Waals surface area contributed by atoms with Crippen molar-refractivity contribution in [2.75, 3.05) is 30.8 Å². The molecule has 1 saturated heterocycles. The zero-order chi connectivity index (χ0) is 28.6. The summed E-state index contributed by atoms with van der Waals surface area (Å²) in [6.45, 7) is 0.752. The number of benzene rings is 3. The number of carbonyl (C=O) groups excluding carboxylic acids is 3. The molecule has 1 aliphatic heterocycles. The van der Waals surface area contributed by atoms with Gasteiger partial charge in [-0.05, 0) is 70.7 Å². The van der Waals surface area contributed by atoms with E-state index in [2.05, 4.69) is 47.8 Å². The molecule has 0 aromatic heterocycles. The van der Waals surface area contributed by atoms with Gasteiger partial charge in [0.1, 0.15) is 17.6 Å². The Morgan fingerprint density at radius 3 is 2.30 bits per heavy atom. The number of nitrogens with one attached hydrogen (secondary N) is 3. The van der Waals surface area contributed by atoms with Gasteiger partial charge in [-0.3, -0.25) is 9.59 Å². The zero-order valence-electron chi connectivity index (χ0n) is 21.8. The minimum absolute atomic E-state index is 0.0321. The molecule has 1 fully saturated rings. The second-order valence-electron chi connectivity index (χ2n) is 9.40. The van der Waals surface area contributed by atoms with Gasteiger partial charge < -0.3 is 25.6 Å². The van der Waals surface area contributed by atoms with Crippen molar-refractivity contribution in [3.63, 3.8) is 0 Å². The summed E-state index contributed by atoms with van der Waals surface area (Å²) in [7, 11) is 1.58. The van der Waals surface area contributed by atoms with Crippen LogP contribution in [-0.2, 0) is 16.0 Å². The molecule has 1 heterocycles. The number of nitrogens with zero attached hydrogens (tertiary/aromatic N) is 1. The number of piperidine rings is 1. The summed E-state index contributed by atoms with van der Waals surface area (Å²) in [5.41, 5.74) is 1.51. The highest BCUT2D eigenvalue weighted by molar-refractivity contribution is 9.11. The maximum atomic E-state index is 14.5. The highest BCUT2D eigenvalue weighted by Crippen LogP contribution is 2.29. The summed E-state index contributed by atoms with van der Waals surface area (Å²) in [6, 6.07) is 17.7. The highest BCUT2D eigenvalue weighted by Gasteiger charge is 2.32. The van der Waals surface area contributed by atoms with Gasteiger partial charge in [0.2, 0.25) is 11.8 Å². The number of urea groups is 1. The van der Waals surface area contributed by atoms with Crippen molar-refractivity contribution < 1.29 is 23.5 Å². The Morgan fingerprint density at radius 2 is 1.68 bits per heavy atom. The van der Waals surface area contributed by atoms with Gasteiger partial charge in [-0.25, -0.2) is 9.18 Å². The fourth-order valence-electron chi connectivity index (χ4n) is 4.52. The molecule has 0 saturated carbocycles. The van der Waals surface area contributed by atoms with E-state index < -0.39 is 17.9 Å². The van der Waals surface area contributed by atoms with E-state index in [1.807, 2.05) is 30.3 Å². The van der Waals surface area contributed by atoms with Gasteiger partial charge in [0.15, 0.2) is 0 Å². The third kappa shape index (κ3) is 7.82. The van der Waals surface area contributed by atoms with Crippen molar-refractivity contribution in [1.82, 2.24) is 10.2 Å². The zero-order valence-corrected chi connectivity index (χ0v) is 24.9. The monoisotopic (exact) mass is 674 g/mol. The lowest BCUT2D eigenvalue weighted by atomic mass is 9.94. The van der Waals surface area contributed by atoms with Crippen LogP contribution in [0.4, 0.5) is 20.6 Å². The minimum Gasteiger partial charge on any atom is -0.497 e. The van der Waals surface area contributed by atoms with E-state index >= 15 is 0 Å². The fourth-order valence-corrected chi connectivity index (χ4v) is 5.79. The van der Waals surface area contributed by atoms with E-state index in [1.165, 1.54) is 6.07 Å². The summed E-state index contributed by atoms with van der Waals surface area (Å²) in [5.74, 6) is -0.530. The molecule has 0 bridgehead atoms. The number of rotatable bonds is 8. The van der Waals surface area contributed by atoms with Gasteiger partial charge >= 0.3 is 6.03 Å². The molecule has 11 heteroatoms. The average Bonchev–Trinajstić information content (AvgIpc) is 2.95. The number of hydrogen-bond donors (Lipinski definition) is 3. The first kappa shape index (κ1) is 29.5. The number of amides is 4. The fraction of sp³-hybridized carbons (Fsp3) is 0.276. The molecular formula is C29H29Br2FN4O4. The number of hydrogen-bond acceptors (Lipinski definition) is 4. The van der Waals surface area contributed by atoms with E-state index in [0.29, 0.717) is 46.3 Å². The van der Waals surface area contributed by atoms with Gasteiger partial charge in [-0.2, -0.15) is 0 Å². The van der Waals surface area contributed by atoms with Crippen LogP contribution in [0.1, 0.15) is 18.4 Å². The maximum Gasteiger partial charge on any atom is 0.320 e. The molecule has 3 aromatic rings. The van der Waals surface area contributed by atoms with E-state index in [0.717, 1.165) is 5.56 Å². The number of anilines is 2. The minimum atomic E-state index is -0.885. The van der Waals surface area contributed by atoms with Crippen LogP contribution in [0, 0.1) is 11.7 Å². The molecule has 3 N–H and O–H groups in total. The first-order chi connectivity index (χ1) is 19.2. The molecule has 1 aliphatic rings. The molecule has 40 heavy (non-hydrogen) atoms. The lowest BCUT2D eigenvalue weighted by Crippen LogP contribution is -2.53. The third-order valence-electron chi connectivity index (χ3n) is 6.67. The quantitative estimate of drug-likeness (QED) is 0.274.